The number of hydrogen-bond donors (Lipinski definition) is 3. The van der Waals surface area contributed by atoms with Crippen LogP contribution in [0.15, 0.2) is 35.1 Å². The number of fused-ring (bicyclic) bond motifs is 1. The van der Waals surface area contributed by atoms with Gasteiger partial charge in [0.1, 0.15) is 11.4 Å². The Morgan fingerprint density at radius 2 is 2.15 bits per heavy atom. The summed E-state index contributed by atoms with van der Waals surface area (Å²) in [5.74, 6) is 0.516. The van der Waals surface area contributed by atoms with E-state index in [9.17, 15) is 4.79 Å². The fourth-order valence-corrected chi connectivity index (χ4v) is 4.92. The third kappa shape index (κ3) is 4.83. The van der Waals surface area contributed by atoms with Gasteiger partial charge in [-0.1, -0.05) is 0 Å². The van der Waals surface area contributed by atoms with Crippen LogP contribution in [-0.4, -0.2) is 65.9 Å². The van der Waals surface area contributed by atoms with Crippen molar-refractivity contribution in [2.45, 2.75) is 25.8 Å². The van der Waals surface area contributed by atoms with Crippen LogP contribution in [0.2, 0.25) is 0 Å². The Balaban J connectivity index is 1.35. The SMILES string of the molecule is Cc1cc(N2CCOCC2)c(Br)cc1NC(=O)c1cnn2ccc(N[C@@H]3CCCNC3)nc12. The lowest BCUT2D eigenvalue weighted by molar-refractivity contribution is 0.102. The fraction of sp³-hybridized carbons (Fsp3) is 0.435. The van der Waals surface area contributed by atoms with Crippen LogP contribution in [0.25, 0.3) is 5.65 Å². The first-order valence-electron chi connectivity index (χ1n) is 11.3. The molecule has 0 spiro atoms. The van der Waals surface area contributed by atoms with Crippen molar-refractivity contribution in [3.63, 3.8) is 0 Å². The van der Waals surface area contributed by atoms with E-state index in [2.05, 4.69) is 52.9 Å². The highest BCUT2D eigenvalue weighted by Gasteiger charge is 2.20. The highest BCUT2D eigenvalue weighted by Crippen LogP contribution is 2.33. The van der Waals surface area contributed by atoms with Gasteiger partial charge in [-0.25, -0.2) is 9.50 Å². The number of nitrogens with one attached hydrogen (secondary N) is 3. The van der Waals surface area contributed by atoms with Crippen molar-refractivity contribution in [1.29, 1.82) is 0 Å². The summed E-state index contributed by atoms with van der Waals surface area (Å²) in [6.07, 6.45) is 5.63. The number of rotatable bonds is 5. The average Bonchev–Trinajstić information content (AvgIpc) is 3.26. The van der Waals surface area contributed by atoms with Gasteiger partial charge < -0.3 is 25.6 Å². The lowest BCUT2D eigenvalue weighted by Gasteiger charge is -2.30. The van der Waals surface area contributed by atoms with Gasteiger partial charge in [0.25, 0.3) is 5.91 Å². The summed E-state index contributed by atoms with van der Waals surface area (Å²) < 4.78 is 8.03. The molecule has 0 saturated carbocycles. The number of carbonyl (C=O) groups excluding carboxylic acids is 1. The van der Waals surface area contributed by atoms with E-state index in [4.69, 9.17) is 4.74 Å². The van der Waals surface area contributed by atoms with E-state index in [1.165, 1.54) is 0 Å². The van der Waals surface area contributed by atoms with Crippen LogP contribution in [-0.2, 0) is 4.74 Å². The maximum absolute atomic E-state index is 13.2. The molecule has 0 radical (unpaired) electrons. The fourth-order valence-electron chi connectivity index (χ4n) is 4.33. The van der Waals surface area contributed by atoms with E-state index in [1.54, 1.807) is 10.7 Å². The van der Waals surface area contributed by atoms with E-state index in [-0.39, 0.29) is 5.91 Å². The highest BCUT2D eigenvalue weighted by molar-refractivity contribution is 9.10. The Bertz CT molecular complexity index is 1150. The number of anilines is 3. The topological polar surface area (TPSA) is 95.8 Å². The van der Waals surface area contributed by atoms with Crippen LogP contribution >= 0.6 is 15.9 Å². The first kappa shape index (κ1) is 22.1. The number of hydrogen-bond acceptors (Lipinski definition) is 7. The zero-order valence-electron chi connectivity index (χ0n) is 18.6. The Hall–Kier alpha value is -2.69. The number of nitrogens with zero attached hydrogens (tertiary/aromatic N) is 4. The van der Waals surface area contributed by atoms with Gasteiger partial charge in [-0.3, -0.25) is 4.79 Å². The van der Waals surface area contributed by atoms with Crippen molar-refractivity contribution in [1.82, 2.24) is 19.9 Å². The molecule has 2 aliphatic heterocycles. The second-order valence-corrected chi connectivity index (χ2v) is 9.35. The lowest BCUT2D eigenvalue weighted by Crippen LogP contribution is -2.38. The second-order valence-electron chi connectivity index (χ2n) is 8.50. The van der Waals surface area contributed by atoms with Crippen LogP contribution in [0.5, 0.6) is 0 Å². The Morgan fingerprint density at radius 1 is 1.30 bits per heavy atom. The minimum atomic E-state index is -0.233. The van der Waals surface area contributed by atoms with Crippen LogP contribution < -0.4 is 20.9 Å². The maximum Gasteiger partial charge on any atom is 0.261 e. The average molecular weight is 514 g/mol. The van der Waals surface area contributed by atoms with Gasteiger partial charge in [0.05, 0.1) is 25.1 Å². The van der Waals surface area contributed by atoms with Gasteiger partial charge in [0.15, 0.2) is 5.65 Å². The number of piperidine rings is 1. The van der Waals surface area contributed by atoms with E-state index >= 15 is 0 Å². The standard InChI is InChI=1S/C23H28BrN7O2/c1-15-11-20(30-7-9-33-10-8-30)18(24)12-19(15)28-23(32)17-14-26-31-6-4-21(29-22(17)31)27-16-3-2-5-25-13-16/h4,6,11-12,14,16,25H,2-3,5,7-10,13H2,1H3,(H,27,29)(H,28,32)/t16-/m1/s1. The Morgan fingerprint density at radius 3 is 2.94 bits per heavy atom. The molecule has 0 aliphatic carbocycles. The quantitative estimate of drug-likeness (QED) is 0.482. The largest absolute Gasteiger partial charge is 0.378 e. The number of halogens is 1. The minimum Gasteiger partial charge on any atom is -0.378 e. The molecule has 1 atom stereocenters. The monoisotopic (exact) mass is 513 g/mol. The summed E-state index contributed by atoms with van der Waals surface area (Å²) >= 11 is 3.68. The summed E-state index contributed by atoms with van der Waals surface area (Å²) in [6, 6.07) is 6.28. The molecule has 2 saturated heterocycles. The normalized spacial score (nSPS) is 19.0. The Kier molecular flexibility index (Phi) is 6.48. The predicted molar refractivity (Wildman–Crippen MR) is 132 cm³/mol. The van der Waals surface area contributed by atoms with Gasteiger partial charge in [0, 0.05) is 42.0 Å². The molecule has 0 bridgehead atoms. The molecule has 0 unspecified atom stereocenters. The number of ether oxygens (including phenoxy) is 1. The van der Waals surface area contributed by atoms with Crippen LogP contribution in [0.4, 0.5) is 17.2 Å². The maximum atomic E-state index is 13.2. The number of morpholine rings is 1. The van der Waals surface area contributed by atoms with Gasteiger partial charge in [-0.05, 0) is 66.0 Å². The molecule has 174 valence electrons. The lowest BCUT2D eigenvalue weighted by atomic mass is 10.1. The number of carbonyl (C=O) groups is 1. The third-order valence-corrected chi connectivity index (χ3v) is 6.79. The number of amides is 1. The zero-order chi connectivity index (χ0) is 22.8. The molecule has 1 amide bonds. The van der Waals surface area contributed by atoms with Gasteiger partial charge >= 0.3 is 0 Å². The van der Waals surface area contributed by atoms with E-state index in [0.717, 1.165) is 79.5 Å². The van der Waals surface area contributed by atoms with Crippen LogP contribution in [0.1, 0.15) is 28.8 Å². The molecule has 9 nitrogen and oxygen atoms in total. The molecule has 2 aromatic heterocycles. The first-order valence-corrected chi connectivity index (χ1v) is 12.1. The molecule has 3 N–H and O–H groups in total. The highest BCUT2D eigenvalue weighted by atomic mass is 79.9. The van der Waals surface area contributed by atoms with Crippen molar-refractivity contribution in [3.8, 4) is 0 Å². The smallest absolute Gasteiger partial charge is 0.261 e. The molecular weight excluding hydrogens is 486 g/mol. The molecule has 3 aromatic rings. The van der Waals surface area contributed by atoms with E-state index in [0.29, 0.717) is 17.3 Å². The number of aromatic nitrogens is 3. The number of aryl methyl sites for hydroxylation is 1. The van der Waals surface area contributed by atoms with Crippen molar-refractivity contribution < 1.29 is 9.53 Å². The van der Waals surface area contributed by atoms with Gasteiger partial charge in [-0.15, -0.1) is 0 Å². The van der Waals surface area contributed by atoms with E-state index < -0.39 is 0 Å². The summed E-state index contributed by atoms with van der Waals surface area (Å²) in [6.45, 7) is 7.12. The second kappa shape index (κ2) is 9.66. The third-order valence-electron chi connectivity index (χ3n) is 6.16. The molecule has 33 heavy (non-hydrogen) atoms. The summed E-state index contributed by atoms with van der Waals surface area (Å²) in [4.78, 5) is 20.1. The molecule has 2 fully saturated rings. The molecular formula is C23H28BrN7O2. The van der Waals surface area contributed by atoms with Crippen molar-refractivity contribution in [2.75, 3.05) is 54.9 Å². The van der Waals surface area contributed by atoms with Gasteiger partial charge in [-0.2, -0.15) is 5.10 Å². The minimum absolute atomic E-state index is 0.233. The van der Waals surface area contributed by atoms with Crippen molar-refractivity contribution >= 4 is 44.7 Å². The first-order chi connectivity index (χ1) is 16.1. The predicted octanol–water partition coefficient (Wildman–Crippen LogP) is 3.05. The molecule has 2 aliphatic rings. The van der Waals surface area contributed by atoms with Gasteiger partial charge in [0.2, 0.25) is 0 Å². The summed E-state index contributed by atoms with van der Waals surface area (Å²) in [5, 5.41) is 14.2. The van der Waals surface area contributed by atoms with Crippen LogP contribution in [0.3, 0.4) is 0 Å². The van der Waals surface area contributed by atoms with E-state index in [1.807, 2.05) is 25.3 Å². The molecule has 4 heterocycles. The van der Waals surface area contributed by atoms with Crippen molar-refractivity contribution in [3.05, 3.63) is 46.2 Å². The summed E-state index contributed by atoms with van der Waals surface area (Å²) in [7, 11) is 0. The Labute approximate surface area is 201 Å². The van der Waals surface area contributed by atoms with Crippen LogP contribution in [0, 0.1) is 6.92 Å². The molecule has 10 heteroatoms. The zero-order valence-corrected chi connectivity index (χ0v) is 20.2. The molecule has 1 aromatic carbocycles. The molecule has 5 rings (SSSR count). The number of benzene rings is 1. The summed E-state index contributed by atoms with van der Waals surface area (Å²) in [5.41, 5.74) is 3.82. The van der Waals surface area contributed by atoms with Crippen molar-refractivity contribution in [2.24, 2.45) is 0 Å².